The van der Waals surface area contributed by atoms with Gasteiger partial charge in [0, 0.05) is 37.1 Å². The number of fused-ring (bicyclic) bond motifs is 1. The maximum Gasteiger partial charge on any atom is 0.120 e. The van der Waals surface area contributed by atoms with Crippen molar-refractivity contribution in [1.29, 1.82) is 0 Å². The summed E-state index contributed by atoms with van der Waals surface area (Å²) in [4.78, 5) is 2.53. The van der Waals surface area contributed by atoms with Crippen molar-refractivity contribution in [3.05, 3.63) is 88.7 Å². The van der Waals surface area contributed by atoms with Crippen molar-refractivity contribution in [2.45, 2.75) is 45.8 Å². The predicted molar refractivity (Wildman–Crippen MR) is 110 cm³/mol. The molecule has 0 aliphatic carbocycles. The lowest BCUT2D eigenvalue weighted by molar-refractivity contribution is 0.217. The van der Waals surface area contributed by atoms with Gasteiger partial charge in [0.05, 0.1) is 6.04 Å². The molecule has 1 aromatic heterocycles. The van der Waals surface area contributed by atoms with Crippen LogP contribution >= 0.6 is 0 Å². The van der Waals surface area contributed by atoms with Crippen molar-refractivity contribution >= 4 is 0 Å². The lowest BCUT2D eigenvalue weighted by Gasteiger charge is -2.32. The molecule has 3 heteroatoms. The fourth-order valence-corrected chi connectivity index (χ4v) is 4.35. The highest BCUT2D eigenvalue weighted by Crippen LogP contribution is 2.36. The Morgan fingerprint density at radius 3 is 2.70 bits per heavy atom. The van der Waals surface area contributed by atoms with E-state index in [1.807, 2.05) is 12.1 Å². The predicted octanol–water partition coefficient (Wildman–Crippen LogP) is 5.06. The molecule has 3 nitrogen and oxygen atoms in total. The van der Waals surface area contributed by atoms with Gasteiger partial charge in [-0.25, -0.2) is 0 Å². The summed E-state index contributed by atoms with van der Waals surface area (Å²) in [5.74, 6) is 0.391. The normalized spacial score (nSPS) is 17.5. The van der Waals surface area contributed by atoms with Crippen LogP contribution in [0, 0.1) is 6.92 Å². The molecule has 0 radical (unpaired) electrons. The summed E-state index contributed by atoms with van der Waals surface area (Å²) in [6.07, 6.45) is 4.33. The highest BCUT2D eigenvalue weighted by molar-refractivity contribution is 5.39. The average molecular weight is 361 g/mol. The quantitative estimate of drug-likeness (QED) is 0.704. The number of nitrogens with zero attached hydrogens (tertiary/aromatic N) is 2. The number of phenols is 1. The summed E-state index contributed by atoms with van der Waals surface area (Å²) in [7, 11) is 0. The molecule has 140 valence electrons. The van der Waals surface area contributed by atoms with Crippen molar-refractivity contribution in [2.24, 2.45) is 0 Å². The summed E-state index contributed by atoms with van der Waals surface area (Å²) in [5, 5.41) is 10.4. The third-order valence-corrected chi connectivity index (χ3v) is 5.69. The minimum Gasteiger partial charge on any atom is -0.508 e. The molecule has 2 aromatic carbocycles. The third kappa shape index (κ3) is 3.52. The Hall–Kier alpha value is -2.52. The van der Waals surface area contributed by atoms with Crippen LogP contribution in [0.5, 0.6) is 5.75 Å². The van der Waals surface area contributed by atoms with E-state index < -0.39 is 0 Å². The minimum absolute atomic E-state index is 0.207. The fourth-order valence-electron chi connectivity index (χ4n) is 4.35. The van der Waals surface area contributed by atoms with Gasteiger partial charge in [-0.1, -0.05) is 48.9 Å². The number of aryl methyl sites for hydroxylation is 3. The molecule has 0 amide bonds. The van der Waals surface area contributed by atoms with Crippen LogP contribution in [0.2, 0.25) is 0 Å². The Bertz CT molecular complexity index is 928. The van der Waals surface area contributed by atoms with E-state index in [4.69, 9.17) is 0 Å². The van der Waals surface area contributed by atoms with Gasteiger partial charge in [-0.3, -0.25) is 4.90 Å². The Morgan fingerprint density at radius 1 is 1.00 bits per heavy atom. The molecule has 0 spiro atoms. The molecular formula is C24H28N2O. The van der Waals surface area contributed by atoms with E-state index in [-0.39, 0.29) is 6.04 Å². The zero-order chi connectivity index (χ0) is 18.8. The summed E-state index contributed by atoms with van der Waals surface area (Å²) >= 11 is 0. The van der Waals surface area contributed by atoms with Gasteiger partial charge in [-0.15, -0.1) is 0 Å². The zero-order valence-corrected chi connectivity index (χ0v) is 16.2. The van der Waals surface area contributed by atoms with Crippen LogP contribution in [-0.2, 0) is 19.5 Å². The molecular weight excluding hydrogens is 332 g/mol. The van der Waals surface area contributed by atoms with Gasteiger partial charge in [0.2, 0.25) is 0 Å². The second-order valence-corrected chi connectivity index (χ2v) is 7.54. The lowest BCUT2D eigenvalue weighted by Crippen LogP contribution is -2.30. The molecule has 0 saturated carbocycles. The van der Waals surface area contributed by atoms with Crippen LogP contribution in [-0.4, -0.2) is 21.1 Å². The van der Waals surface area contributed by atoms with Crippen LogP contribution in [0.25, 0.3) is 0 Å². The number of phenolic OH excluding ortho intramolecular Hbond substituents is 1. The molecule has 0 bridgehead atoms. The Labute approximate surface area is 161 Å². The van der Waals surface area contributed by atoms with Crippen molar-refractivity contribution in [3.8, 4) is 5.75 Å². The van der Waals surface area contributed by atoms with E-state index >= 15 is 0 Å². The molecule has 0 saturated heterocycles. The summed E-state index contributed by atoms with van der Waals surface area (Å²) < 4.78 is 2.40. The van der Waals surface area contributed by atoms with E-state index in [1.165, 1.54) is 22.4 Å². The number of hydrogen-bond acceptors (Lipinski definition) is 2. The Morgan fingerprint density at radius 2 is 1.85 bits per heavy atom. The second kappa shape index (κ2) is 7.61. The summed E-state index contributed by atoms with van der Waals surface area (Å²) in [6, 6.07) is 19.3. The lowest BCUT2D eigenvalue weighted by atomic mass is 9.94. The molecule has 4 rings (SSSR count). The molecule has 1 aliphatic rings. The van der Waals surface area contributed by atoms with Gasteiger partial charge in [0.1, 0.15) is 5.75 Å². The van der Waals surface area contributed by atoms with Crippen LogP contribution in [0.3, 0.4) is 0 Å². The Kier molecular flexibility index (Phi) is 5.04. The number of rotatable bonds is 4. The van der Waals surface area contributed by atoms with Crippen molar-refractivity contribution < 1.29 is 5.11 Å². The number of benzene rings is 2. The topological polar surface area (TPSA) is 28.4 Å². The SMILES string of the molecule is CCc1ccccc1[C@@H]1c2cccn2CCCN1Cc1cc(C)ccc1O. The molecule has 27 heavy (non-hydrogen) atoms. The van der Waals surface area contributed by atoms with Crippen molar-refractivity contribution in [3.63, 3.8) is 0 Å². The highest BCUT2D eigenvalue weighted by Gasteiger charge is 2.29. The third-order valence-electron chi connectivity index (χ3n) is 5.69. The standard InChI is InChI=1S/C24H28N2O/c1-3-19-8-4-5-9-21(19)24-22-10-6-13-25(22)14-7-15-26(24)17-20-16-18(2)11-12-23(20)27/h4-6,8-13,16,24,27H,3,7,14-15,17H2,1-2H3/t24-/m1/s1. The molecule has 1 atom stereocenters. The maximum atomic E-state index is 10.4. The van der Waals surface area contributed by atoms with Gasteiger partial charge >= 0.3 is 0 Å². The van der Waals surface area contributed by atoms with Gasteiger partial charge in [0.25, 0.3) is 0 Å². The van der Waals surface area contributed by atoms with Crippen molar-refractivity contribution in [2.75, 3.05) is 6.54 Å². The van der Waals surface area contributed by atoms with Crippen LogP contribution < -0.4 is 0 Å². The monoisotopic (exact) mass is 360 g/mol. The second-order valence-electron chi connectivity index (χ2n) is 7.54. The molecule has 1 aliphatic heterocycles. The van der Waals surface area contributed by atoms with E-state index in [9.17, 15) is 5.11 Å². The van der Waals surface area contributed by atoms with E-state index in [0.29, 0.717) is 5.75 Å². The first kappa shape index (κ1) is 17.9. The molecule has 0 unspecified atom stereocenters. The maximum absolute atomic E-state index is 10.4. The summed E-state index contributed by atoms with van der Waals surface area (Å²) in [6.45, 7) is 7.12. The molecule has 1 N–H and O–H groups in total. The van der Waals surface area contributed by atoms with E-state index in [1.54, 1.807) is 0 Å². The highest BCUT2D eigenvalue weighted by atomic mass is 16.3. The molecule has 2 heterocycles. The number of hydrogen-bond donors (Lipinski definition) is 1. The first-order valence-corrected chi connectivity index (χ1v) is 9.92. The Balaban J connectivity index is 1.80. The van der Waals surface area contributed by atoms with Crippen LogP contribution in [0.1, 0.15) is 47.3 Å². The first-order chi connectivity index (χ1) is 13.2. The first-order valence-electron chi connectivity index (χ1n) is 9.92. The largest absolute Gasteiger partial charge is 0.508 e. The number of aromatic hydroxyl groups is 1. The molecule has 3 aromatic rings. The van der Waals surface area contributed by atoms with E-state index in [2.05, 4.69) is 72.0 Å². The van der Waals surface area contributed by atoms with Crippen LogP contribution in [0.15, 0.2) is 60.8 Å². The molecule has 0 fully saturated rings. The van der Waals surface area contributed by atoms with Gasteiger partial charge < -0.3 is 9.67 Å². The average Bonchev–Trinajstić information content (AvgIpc) is 3.06. The smallest absolute Gasteiger partial charge is 0.120 e. The zero-order valence-electron chi connectivity index (χ0n) is 16.2. The van der Waals surface area contributed by atoms with Crippen molar-refractivity contribution in [1.82, 2.24) is 9.47 Å². The minimum atomic E-state index is 0.207. The van der Waals surface area contributed by atoms with Crippen LogP contribution in [0.4, 0.5) is 0 Å². The van der Waals surface area contributed by atoms with Gasteiger partial charge in [-0.05, 0) is 49.1 Å². The van der Waals surface area contributed by atoms with Gasteiger partial charge in [0.15, 0.2) is 0 Å². The fraction of sp³-hybridized carbons (Fsp3) is 0.333. The number of aromatic nitrogens is 1. The summed E-state index contributed by atoms with van der Waals surface area (Å²) in [5.41, 5.74) is 6.32. The van der Waals surface area contributed by atoms with Gasteiger partial charge in [-0.2, -0.15) is 0 Å². The van der Waals surface area contributed by atoms with E-state index in [0.717, 1.165) is 38.0 Å².